The second-order valence-electron chi connectivity index (χ2n) is 7.95. The first-order chi connectivity index (χ1) is 15.3. The van der Waals surface area contributed by atoms with Crippen LogP contribution in [-0.4, -0.2) is 17.4 Å². The highest BCUT2D eigenvalue weighted by atomic mass is 16.5. The lowest BCUT2D eigenvalue weighted by Gasteiger charge is -2.41. The van der Waals surface area contributed by atoms with Crippen molar-refractivity contribution in [3.8, 4) is 5.75 Å². The van der Waals surface area contributed by atoms with Crippen molar-refractivity contribution in [1.29, 1.82) is 0 Å². The van der Waals surface area contributed by atoms with Gasteiger partial charge in [0.25, 0.3) is 5.91 Å². The smallest absolute Gasteiger partial charge is 0.336 e. The molecule has 2 aromatic heterocycles. The zero-order chi connectivity index (χ0) is 22.7. The monoisotopic (exact) mass is 429 g/mol. The van der Waals surface area contributed by atoms with Gasteiger partial charge in [-0.15, -0.1) is 0 Å². The molecule has 0 unspecified atom stereocenters. The molecule has 32 heavy (non-hydrogen) atoms. The third-order valence-electron chi connectivity index (χ3n) is 5.08. The minimum Gasteiger partial charge on any atom is -0.465 e. The predicted octanol–water partition coefficient (Wildman–Crippen LogP) is 5.73. The molecule has 1 aliphatic heterocycles. The maximum Gasteiger partial charge on any atom is 0.336 e. The van der Waals surface area contributed by atoms with E-state index < -0.39 is 11.5 Å². The number of ether oxygens (including phenoxy) is 1. The Morgan fingerprint density at radius 1 is 0.969 bits per heavy atom. The normalized spacial score (nSPS) is 15.1. The van der Waals surface area contributed by atoms with E-state index in [2.05, 4.69) is 0 Å². The molecule has 0 aliphatic carbocycles. The number of allylic oxidation sites excluding steroid dienone is 1. The maximum atomic E-state index is 13.1. The second kappa shape index (κ2) is 8.59. The SMILES string of the molecule is CC1=CC(C)(C)N(C(=O)C=Cc2ccco2)c2ccc(OC(=O)C=Cc3ccco3)cc21. The molecule has 0 atom stereocenters. The molecule has 0 fully saturated rings. The molecule has 4 rings (SSSR count). The largest absolute Gasteiger partial charge is 0.465 e. The molecule has 1 aromatic carbocycles. The number of fused-ring (bicyclic) bond motifs is 1. The molecule has 0 bridgehead atoms. The molecule has 0 saturated carbocycles. The summed E-state index contributed by atoms with van der Waals surface area (Å²) in [4.78, 5) is 27.0. The van der Waals surface area contributed by atoms with Crippen molar-refractivity contribution in [1.82, 2.24) is 0 Å². The molecule has 3 aromatic rings. The van der Waals surface area contributed by atoms with Crippen LogP contribution < -0.4 is 9.64 Å². The molecule has 1 amide bonds. The van der Waals surface area contributed by atoms with E-state index in [0.29, 0.717) is 17.3 Å². The molecule has 1 aliphatic rings. The van der Waals surface area contributed by atoms with Crippen molar-refractivity contribution >= 4 is 35.3 Å². The number of rotatable bonds is 5. The summed E-state index contributed by atoms with van der Waals surface area (Å²) in [5, 5.41) is 0. The summed E-state index contributed by atoms with van der Waals surface area (Å²) in [5.74, 6) is 0.856. The Kier molecular flexibility index (Phi) is 5.69. The van der Waals surface area contributed by atoms with Crippen LogP contribution in [0.1, 0.15) is 37.9 Å². The van der Waals surface area contributed by atoms with Crippen LogP contribution in [0.4, 0.5) is 5.69 Å². The Morgan fingerprint density at radius 3 is 2.25 bits per heavy atom. The maximum absolute atomic E-state index is 13.1. The number of carbonyl (C=O) groups excluding carboxylic acids is 2. The van der Waals surface area contributed by atoms with E-state index in [0.717, 1.165) is 16.8 Å². The minimum absolute atomic E-state index is 0.178. The highest BCUT2D eigenvalue weighted by Crippen LogP contribution is 2.40. The van der Waals surface area contributed by atoms with Crippen LogP contribution in [-0.2, 0) is 9.59 Å². The van der Waals surface area contributed by atoms with Crippen LogP contribution in [0, 0.1) is 0 Å². The van der Waals surface area contributed by atoms with Crippen LogP contribution in [0.3, 0.4) is 0 Å². The summed E-state index contributed by atoms with van der Waals surface area (Å²) in [6, 6.07) is 12.3. The van der Waals surface area contributed by atoms with Crippen LogP contribution in [0.5, 0.6) is 5.75 Å². The van der Waals surface area contributed by atoms with Gasteiger partial charge in [0.05, 0.1) is 23.8 Å². The van der Waals surface area contributed by atoms with Crippen molar-refractivity contribution in [2.24, 2.45) is 0 Å². The van der Waals surface area contributed by atoms with Crippen LogP contribution >= 0.6 is 0 Å². The van der Waals surface area contributed by atoms with Gasteiger partial charge in [0.15, 0.2) is 0 Å². The van der Waals surface area contributed by atoms with Gasteiger partial charge in [-0.25, -0.2) is 4.79 Å². The Bertz CT molecular complexity index is 1210. The van der Waals surface area contributed by atoms with Gasteiger partial charge < -0.3 is 13.6 Å². The van der Waals surface area contributed by atoms with Crippen LogP contribution in [0.25, 0.3) is 17.7 Å². The highest BCUT2D eigenvalue weighted by Gasteiger charge is 2.35. The number of nitrogens with zero attached hydrogens (tertiary/aromatic N) is 1. The summed E-state index contributed by atoms with van der Waals surface area (Å²) >= 11 is 0. The summed E-state index contributed by atoms with van der Waals surface area (Å²) in [6.45, 7) is 5.93. The number of anilines is 1. The fourth-order valence-corrected chi connectivity index (χ4v) is 3.78. The summed E-state index contributed by atoms with van der Waals surface area (Å²) in [5.41, 5.74) is 2.03. The van der Waals surface area contributed by atoms with E-state index in [1.807, 2.05) is 26.8 Å². The van der Waals surface area contributed by atoms with E-state index >= 15 is 0 Å². The van der Waals surface area contributed by atoms with Gasteiger partial charge in [-0.3, -0.25) is 9.69 Å². The number of benzene rings is 1. The number of amides is 1. The van der Waals surface area contributed by atoms with Gasteiger partial charge in [0, 0.05) is 17.7 Å². The van der Waals surface area contributed by atoms with E-state index in [-0.39, 0.29) is 5.91 Å². The lowest BCUT2D eigenvalue weighted by Crippen LogP contribution is -2.48. The van der Waals surface area contributed by atoms with Gasteiger partial charge in [0.2, 0.25) is 0 Å². The average Bonchev–Trinajstić information content (AvgIpc) is 3.45. The molecular formula is C26H23NO5. The van der Waals surface area contributed by atoms with Crippen molar-refractivity contribution in [2.45, 2.75) is 26.3 Å². The fourth-order valence-electron chi connectivity index (χ4n) is 3.78. The van der Waals surface area contributed by atoms with Crippen molar-refractivity contribution in [2.75, 3.05) is 4.90 Å². The predicted molar refractivity (Wildman–Crippen MR) is 123 cm³/mol. The number of furan rings is 2. The van der Waals surface area contributed by atoms with Crippen molar-refractivity contribution < 1.29 is 23.2 Å². The first kappa shape index (κ1) is 21.2. The fraction of sp³-hybridized carbons (Fsp3) is 0.154. The summed E-state index contributed by atoms with van der Waals surface area (Å²) in [6.07, 6.45) is 11.1. The summed E-state index contributed by atoms with van der Waals surface area (Å²) in [7, 11) is 0. The van der Waals surface area contributed by atoms with Gasteiger partial charge in [-0.05, 0) is 81.0 Å². The Balaban J connectivity index is 1.58. The first-order valence-electron chi connectivity index (χ1n) is 10.2. The molecule has 0 N–H and O–H groups in total. The first-order valence-corrected chi connectivity index (χ1v) is 10.2. The Labute approximate surface area is 186 Å². The Morgan fingerprint density at radius 2 is 1.62 bits per heavy atom. The van der Waals surface area contributed by atoms with Crippen LogP contribution in [0.15, 0.2) is 82.1 Å². The molecule has 0 radical (unpaired) electrons. The van der Waals surface area contributed by atoms with Crippen LogP contribution in [0.2, 0.25) is 0 Å². The number of hydrogen-bond acceptors (Lipinski definition) is 5. The third kappa shape index (κ3) is 4.49. The number of esters is 1. The highest BCUT2D eigenvalue weighted by molar-refractivity contribution is 6.08. The standard InChI is InChI=1S/C26H23NO5/c1-18-17-26(2,3)27(24(28)12-9-19-6-4-14-30-19)23-11-8-21(16-22(18)23)32-25(29)13-10-20-7-5-15-31-20/h4-17H,1-3H3. The van der Waals surface area contributed by atoms with Gasteiger partial charge >= 0.3 is 5.97 Å². The second-order valence-corrected chi connectivity index (χ2v) is 7.95. The lowest BCUT2D eigenvalue weighted by molar-refractivity contribution is -0.129. The molecule has 6 nitrogen and oxygen atoms in total. The Hall–Kier alpha value is -4.06. The third-order valence-corrected chi connectivity index (χ3v) is 5.08. The molecule has 0 spiro atoms. The molecule has 0 saturated heterocycles. The van der Waals surface area contributed by atoms with Gasteiger partial charge in [-0.2, -0.15) is 0 Å². The van der Waals surface area contributed by atoms with E-state index in [4.69, 9.17) is 13.6 Å². The average molecular weight is 429 g/mol. The van der Waals surface area contributed by atoms with E-state index in [1.54, 1.807) is 65.8 Å². The van der Waals surface area contributed by atoms with E-state index in [1.165, 1.54) is 18.4 Å². The van der Waals surface area contributed by atoms with Crippen molar-refractivity contribution in [3.05, 3.63) is 90.3 Å². The minimum atomic E-state index is -0.536. The number of hydrogen-bond donors (Lipinski definition) is 0. The quantitative estimate of drug-likeness (QED) is 0.294. The molecular weight excluding hydrogens is 406 g/mol. The molecule has 162 valence electrons. The van der Waals surface area contributed by atoms with Crippen molar-refractivity contribution in [3.63, 3.8) is 0 Å². The van der Waals surface area contributed by atoms with Gasteiger partial charge in [-0.1, -0.05) is 6.08 Å². The lowest BCUT2D eigenvalue weighted by atomic mass is 9.88. The zero-order valence-corrected chi connectivity index (χ0v) is 18.1. The summed E-state index contributed by atoms with van der Waals surface area (Å²) < 4.78 is 15.9. The number of carbonyl (C=O) groups is 2. The van der Waals surface area contributed by atoms with E-state index in [9.17, 15) is 9.59 Å². The topological polar surface area (TPSA) is 72.9 Å². The zero-order valence-electron chi connectivity index (χ0n) is 18.1. The molecule has 3 heterocycles. The molecule has 6 heteroatoms. The van der Waals surface area contributed by atoms with Gasteiger partial charge in [0.1, 0.15) is 17.3 Å².